The number of aliphatic carboxylic acids is 1. The molecule has 0 bridgehead atoms. The minimum atomic E-state index is -4.42. The van der Waals surface area contributed by atoms with Gasteiger partial charge in [-0.05, 0) is 27.3 Å². The van der Waals surface area contributed by atoms with Crippen molar-refractivity contribution in [2.24, 2.45) is 0 Å². The van der Waals surface area contributed by atoms with E-state index in [1.54, 1.807) is 0 Å². The number of carboxylic acid groups (broad SMARTS) is 1. The molecule has 0 fully saturated rings. The number of hydrogen-bond donors (Lipinski definition) is 2. The molecule has 7 heteroatoms. The summed E-state index contributed by atoms with van der Waals surface area (Å²) in [5, 5.41) is 11.3. The summed E-state index contributed by atoms with van der Waals surface area (Å²) in [5.41, 5.74) is -1.27. The van der Waals surface area contributed by atoms with Crippen LogP contribution in [0.15, 0.2) is 0 Å². The van der Waals surface area contributed by atoms with Crippen LogP contribution in [0.2, 0.25) is 0 Å². The molecule has 0 aliphatic carbocycles. The summed E-state index contributed by atoms with van der Waals surface area (Å²) < 4.78 is 40.7. The highest BCUT2D eigenvalue weighted by molar-refractivity contribution is 5.78. The Morgan fingerprint density at radius 3 is 2.31 bits per heavy atom. The van der Waals surface area contributed by atoms with Crippen LogP contribution in [0, 0.1) is 0 Å². The number of hydrogen-bond acceptors (Lipinski definition) is 3. The van der Waals surface area contributed by atoms with Crippen LogP contribution in [0.1, 0.15) is 20.3 Å². The van der Waals surface area contributed by atoms with E-state index in [0.717, 1.165) is 6.92 Å². The maximum Gasteiger partial charge on any atom is 0.414 e. The molecule has 0 rings (SSSR count). The molecule has 0 spiro atoms. The smallest absolute Gasteiger partial charge is 0.414 e. The molecule has 2 N–H and O–H groups in total. The predicted molar refractivity (Wildman–Crippen MR) is 51.2 cm³/mol. The number of halogens is 3. The Hall–Kier alpha value is -0.820. The Labute approximate surface area is 91.8 Å². The number of carbonyl (C=O) groups is 1. The summed E-state index contributed by atoms with van der Waals surface area (Å²) in [6.45, 7) is 2.00. The Kier molecular flexibility index (Phi) is 5.21. The number of rotatable bonds is 6. The normalized spacial score (nSPS) is 17.9. The molecular weight excluding hydrogens is 227 g/mol. The lowest BCUT2D eigenvalue weighted by Crippen LogP contribution is -2.48. The van der Waals surface area contributed by atoms with Crippen molar-refractivity contribution in [1.82, 2.24) is 5.32 Å². The quantitative estimate of drug-likeness (QED) is 0.740. The van der Waals surface area contributed by atoms with E-state index in [1.165, 1.54) is 14.0 Å². The molecule has 0 aromatic rings. The minimum absolute atomic E-state index is 0.0424. The average molecular weight is 243 g/mol. The zero-order valence-corrected chi connectivity index (χ0v) is 9.39. The molecule has 0 aromatic heterocycles. The van der Waals surface area contributed by atoms with Crippen molar-refractivity contribution >= 4 is 5.97 Å². The van der Waals surface area contributed by atoms with Crippen molar-refractivity contribution in [3.05, 3.63) is 0 Å². The van der Waals surface area contributed by atoms with Gasteiger partial charge in [0.05, 0.1) is 0 Å². The van der Waals surface area contributed by atoms with Crippen LogP contribution in [0.4, 0.5) is 13.2 Å². The average Bonchev–Trinajstić information content (AvgIpc) is 2.15. The third-order valence-electron chi connectivity index (χ3n) is 2.45. The van der Waals surface area contributed by atoms with Gasteiger partial charge in [0, 0.05) is 6.61 Å². The molecule has 0 aliphatic heterocycles. The van der Waals surface area contributed by atoms with Crippen LogP contribution in [-0.2, 0) is 9.53 Å². The first kappa shape index (κ1) is 15.2. The monoisotopic (exact) mass is 243 g/mol. The highest BCUT2D eigenvalue weighted by Gasteiger charge is 2.38. The molecule has 0 amide bonds. The SMILES string of the molecule is CNC(C)(CCOC(C)C(F)(F)F)C(=O)O. The van der Waals surface area contributed by atoms with E-state index in [9.17, 15) is 18.0 Å². The lowest BCUT2D eigenvalue weighted by Gasteiger charge is -2.25. The van der Waals surface area contributed by atoms with E-state index >= 15 is 0 Å². The van der Waals surface area contributed by atoms with Gasteiger partial charge in [0.25, 0.3) is 0 Å². The molecule has 16 heavy (non-hydrogen) atoms. The second-order valence-corrected chi connectivity index (χ2v) is 3.69. The van der Waals surface area contributed by atoms with Crippen LogP contribution in [-0.4, -0.2) is 42.5 Å². The molecule has 0 saturated carbocycles. The van der Waals surface area contributed by atoms with Crippen molar-refractivity contribution in [1.29, 1.82) is 0 Å². The second kappa shape index (κ2) is 5.49. The van der Waals surface area contributed by atoms with E-state index in [4.69, 9.17) is 5.11 Å². The van der Waals surface area contributed by atoms with Crippen molar-refractivity contribution in [2.75, 3.05) is 13.7 Å². The Bertz CT molecular complexity index is 245. The van der Waals surface area contributed by atoms with Crippen LogP contribution in [0.5, 0.6) is 0 Å². The van der Waals surface area contributed by atoms with Gasteiger partial charge in [0.1, 0.15) is 5.54 Å². The van der Waals surface area contributed by atoms with Crippen LogP contribution in [0.3, 0.4) is 0 Å². The molecule has 0 saturated heterocycles. The lowest BCUT2D eigenvalue weighted by atomic mass is 9.99. The molecule has 4 nitrogen and oxygen atoms in total. The molecule has 2 unspecified atom stereocenters. The summed E-state index contributed by atoms with van der Waals surface area (Å²) in [4.78, 5) is 10.8. The third-order valence-corrected chi connectivity index (χ3v) is 2.45. The molecule has 0 heterocycles. The van der Waals surface area contributed by atoms with Crippen LogP contribution >= 0.6 is 0 Å². The Balaban J connectivity index is 4.12. The first-order valence-corrected chi connectivity index (χ1v) is 4.74. The van der Waals surface area contributed by atoms with Gasteiger partial charge < -0.3 is 15.2 Å². The molecular formula is C9H16F3NO3. The van der Waals surface area contributed by atoms with Gasteiger partial charge >= 0.3 is 12.1 Å². The fraction of sp³-hybridized carbons (Fsp3) is 0.889. The number of carboxylic acids is 1. The molecule has 0 radical (unpaired) electrons. The summed E-state index contributed by atoms with van der Waals surface area (Å²) in [7, 11) is 1.43. The minimum Gasteiger partial charge on any atom is -0.480 e. The zero-order valence-electron chi connectivity index (χ0n) is 9.39. The third kappa shape index (κ3) is 4.36. The second-order valence-electron chi connectivity index (χ2n) is 3.69. The van der Waals surface area contributed by atoms with Gasteiger partial charge in [-0.3, -0.25) is 4.79 Å². The van der Waals surface area contributed by atoms with Crippen molar-refractivity contribution in [2.45, 2.75) is 38.1 Å². The Morgan fingerprint density at radius 2 is 2.00 bits per heavy atom. The Morgan fingerprint density at radius 1 is 1.50 bits per heavy atom. The van der Waals surface area contributed by atoms with Gasteiger partial charge in [0.15, 0.2) is 6.10 Å². The fourth-order valence-corrected chi connectivity index (χ4v) is 0.873. The molecule has 2 atom stereocenters. The number of ether oxygens (including phenoxy) is 1. The predicted octanol–water partition coefficient (Wildman–Crippen LogP) is 1.41. The van der Waals surface area contributed by atoms with E-state index < -0.39 is 23.8 Å². The van der Waals surface area contributed by atoms with E-state index in [2.05, 4.69) is 10.1 Å². The lowest BCUT2D eigenvalue weighted by molar-refractivity contribution is -0.215. The van der Waals surface area contributed by atoms with Gasteiger partial charge in [-0.25, -0.2) is 0 Å². The maximum atomic E-state index is 12.1. The van der Waals surface area contributed by atoms with Crippen LogP contribution < -0.4 is 5.32 Å². The van der Waals surface area contributed by atoms with E-state index in [-0.39, 0.29) is 13.0 Å². The highest BCUT2D eigenvalue weighted by Crippen LogP contribution is 2.23. The molecule has 96 valence electrons. The summed E-state index contributed by atoms with van der Waals surface area (Å²) in [6.07, 6.45) is -6.35. The zero-order chi connectivity index (χ0) is 13.0. The largest absolute Gasteiger partial charge is 0.480 e. The number of nitrogens with one attached hydrogen (secondary N) is 1. The molecule has 0 aliphatic rings. The number of alkyl halides is 3. The first-order valence-electron chi connectivity index (χ1n) is 4.74. The van der Waals surface area contributed by atoms with E-state index in [1.807, 2.05) is 0 Å². The standard InChI is InChI=1S/C9H16F3NO3/c1-6(9(10,11)12)16-5-4-8(2,13-3)7(14)15/h6,13H,4-5H2,1-3H3,(H,14,15). The van der Waals surface area contributed by atoms with Gasteiger partial charge in [0.2, 0.25) is 0 Å². The van der Waals surface area contributed by atoms with Crippen molar-refractivity contribution in [3.63, 3.8) is 0 Å². The van der Waals surface area contributed by atoms with Gasteiger partial charge in [-0.2, -0.15) is 13.2 Å². The summed E-state index contributed by atoms with van der Waals surface area (Å²) in [5.74, 6) is -1.13. The van der Waals surface area contributed by atoms with Gasteiger partial charge in [-0.15, -0.1) is 0 Å². The fourth-order valence-electron chi connectivity index (χ4n) is 0.873. The number of likely N-dealkylation sites (N-methyl/N-ethyl adjacent to an activating group) is 1. The summed E-state index contributed by atoms with van der Waals surface area (Å²) >= 11 is 0. The van der Waals surface area contributed by atoms with Crippen LogP contribution in [0.25, 0.3) is 0 Å². The van der Waals surface area contributed by atoms with Gasteiger partial charge in [-0.1, -0.05) is 0 Å². The van der Waals surface area contributed by atoms with Crippen molar-refractivity contribution < 1.29 is 27.8 Å². The van der Waals surface area contributed by atoms with E-state index in [0.29, 0.717) is 0 Å². The topological polar surface area (TPSA) is 58.6 Å². The summed E-state index contributed by atoms with van der Waals surface area (Å²) in [6, 6.07) is 0. The first-order chi connectivity index (χ1) is 7.13. The van der Waals surface area contributed by atoms with Crippen molar-refractivity contribution in [3.8, 4) is 0 Å². The highest BCUT2D eigenvalue weighted by atomic mass is 19.4. The maximum absolute atomic E-state index is 12.1. The molecule has 0 aromatic carbocycles.